The lowest BCUT2D eigenvalue weighted by molar-refractivity contribution is -0.222. The van der Waals surface area contributed by atoms with Crippen LogP contribution in [0.1, 0.15) is 35.7 Å². The first-order valence-electron chi connectivity index (χ1n) is 9.62. The van der Waals surface area contributed by atoms with Gasteiger partial charge in [0.1, 0.15) is 35.5 Å². The number of rotatable bonds is 6. The lowest BCUT2D eigenvalue weighted by Gasteiger charge is -2.41. The minimum atomic E-state index is -4.71. The van der Waals surface area contributed by atoms with E-state index in [9.17, 15) is 27.1 Å². The third kappa shape index (κ3) is 4.86. The summed E-state index contributed by atoms with van der Waals surface area (Å²) in [6, 6.07) is 7.97. The van der Waals surface area contributed by atoms with E-state index in [0.717, 1.165) is 12.1 Å². The van der Waals surface area contributed by atoms with Crippen LogP contribution in [-0.4, -0.2) is 40.9 Å². The molecule has 6 nitrogen and oxygen atoms in total. The molecule has 0 spiro atoms. The van der Waals surface area contributed by atoms with Gasteiger partial charge in [0.05, 0.1) is 23.7 Å². The van der Waals surface area contributed by atoms with Gasteiger partial charge < -0.3 is 15.6 Å². The molecule has 2 atom stereocenters. The number of aromatic nitrogens is 1. The fourth-order valence-electron chi connectivity index (χ4n) is 3.69. The molecular formula is C22H19F5N4O2. The number of benzene rings is 1. The average molecular weight is 466 g/mol. The number of nitrogens with two attached hydrogens (primary N) is 1. The number of ether oxygens (including phenoxy) is 1. The number of amidine groups is 1. The van der Waals surface area contributed by atoms with Gasteiger partial charge in [-0.2, -0.15) is 18.4 Å². The summed E-state index contributed by atoms with van der Waals surface area (Å²) in [5, 5.41) is 18.8. The maximum atomic E-state index is 14.9. The molecule has 33 heavy (non-hydrogen) atoms. The number of halogens is 5. The van der Waals surface area contributed by atoms with Crippen molar-refractivity contribution < 1.29 is 31.8 Å². The van der Waals surface area contributed by atoms with Gasteiger partial charge in [-0.25, -0.2) is 8.78 Å². The van der Waals surface area contributed by atoms with Crippen molar-refractivity contribution in [1.82, 2.24) is 4.98 Å². The standard InChI is InChI=1S/C22H19F5N4O2/c1-20(21(11-32,8-19(29)31-20)33-12-22(25,26)27)15-6-13(2-4-16(15)23)7-17(24)18-5-3-14(9-28)10-30-18/h2-7,10,32H,8,11-12H2,1H3,(H2,29,31)/b17-7-/t20-,21-/m1/s1. The molecule has 0 fully saturated rings. The van der Waals surface area contributed by atoms with Gasteiger partial charge in [-0.1, -0.05) is 6.07 Å². The van der Waals surface area contributed by atoms with Crippen LogP contribution in [0.4, 0.5) is 22.0 Å². The molecule has 0 unspecified atom stereocenters. The lowest BCUT2D eigenvalue weighted by Crippen LogP contribution is -2.53. The Morgan fingerprint density at radius 3 is 2.64 bits per heavy atom. The Bertz CT molecular complexity index is 1140. The molecular weight excluding hydrogens is 447 g/mol. The van der Waals surface area contributed by atoms with E-state index >= 15 is 0 Å². The molecule has 1 aliphatic heterocycles. The van der Waals surface area contributed by atoms with Crippen molar-refractivity contribution in [3.05, 3.63) is 64.7 Å². The van der Waals surface area contributed by atoms with Crippen molar-refractivity contribution in [3.8, 4) is 6.07 Å². The van der Waals surface area contributed by atoms with Crippen LogP contribution >= 0.6 is 0 Å². The van der Waals surface area contributed by atoms with Crippen LogP contribution in [0.25, 0.3) is 11.9 Å². The number of alkyl halides is 3. The minimum absolute atomic E-state index is 0.0765. The van der Waals surface area contributed by atoms with Crippen molar-refractivity contribution in [2.45, 2.75) is 30.7 Å². The Hall–Kier alpha value is -3.36. The SMILES string of the molecule is C[C@]1(c2cc(/C=C(\F)c3ccc(C#N)cn3)ccc2F)N=C(N)C[C@]1(CO)OCC(F)(F)F. The summed E-state index contributed by atoms with van der Waals surface area (Å²) < 4.78 is 73.1. The van der Waals surface area contributed by atoms with Gasteiger partial charge in [0.2, 0.25) is 0 Å². The van der Waals surface area contributed by atoms with E-state index < -0.39 is 42.2 Å². The Morgan fingerprint density at radius 2 is 2.06 bits per heavy atom. The summed E-state index contributed by atoms with van der Waals surface area (Å²) in [4.78, 5) is 7.95. The molecule has 3 N–H and O–H groups in total. The molecule has 0 aliphatic carbocycles. The van der Waals surface area contributed by atoms with Crippen LogP contribution in [0.5, 0.6) is 0 Å². The predicted molar refractivity (Wildman–Crippen MR) is 110 cm³/mol. The summed E-state index contributed by atoms with van der Waals surface area (Å²) in [7, 11) is 0. The molecule has 2 aromatic rings. The summed E-state index contributed by atoms with van der Waals surface area (Å²) >= 11 is 0. The zero-order valence-corrected chi connectivity index (χ0v) is 17.3. The first kappa shape index (κ1) is 24.3. The number of hydrogen-bond donors (Lipinski definition) is 2. The number of hydrogen-bond acceptors (Lipinski definition) is 6. The van der Waals surface area contributed by atoms with Crippen LogP contribution in [-0.2, 0) is 10.3 Å². The highest BCUT2D eigenvalue weighted by Crippen LogP contribution is 2.47. The largest absolute Gasteiger partial charge is 0.411 e. The second-order valence-electron chi connectivity index (χ2n) is 7.68. The molecule has 0 saturated heterocycles. The van der Waals surface area contributed by atoms with Crippen molar-refractivity contribution >= 4 is 17.7 Å². The first-order chi connectivity index (χ1) is 15.4. The van der Waals surface area contributed by atoms with E-state index in [-0.39, 0.29) is 34.6 Å². The highest BCUT2D eigenvalue weighted by molar-refractivity contribution is 5.85. The number of aliphatic hydroxyl groups is 1. The molecule has 1 aromatic carbocycles. The third-order valence-electron chi connectivity index (χ3n) is 5.43. The molecule has 11 heteroatoms. The Labute approximate surface area is 185 Å². The van der Waals surface area contributed by atoms with Gasteiger partial charge >= 0.3 is 6.18 Å². The lowest BCUT2D eigenvalue weighted by atomic mass is 9.76. The quantitative estimate of drug-likeness (QED) is 0.630. The van der Waals surface area contributed by atoms with E-state index in [4.69, 9.17) is 15.7 Å². The Kier molecular flexibility index (Phi) is 6.53. The van der Waals surface area contributed by atoms with Crippen LogP contribution < -0.4 is 5.73 Å². The number of nitrogens with zero attached hydrogens (tertiary/aromatic N) is 3. The van der Waals surface area contributed by atoms with Crippen molar-refractivity contribution in [1.29, 1.82) is 5.26 Å². The summed E-state index contributed by atoms with van der Waals surface area (Å²) in [5.41, 5.74) is 2.03. The van der Waals surface area contributed by atoms with E-state index in [0.29, 0.717) is 0 Å². The molecule has 0 radical (unpaired) electrons. The molecule has 1 aliphatic rings. The normalized spacial score (nSPS) is 23.3. The van der Waals surface area contributed by atoms with Gasteiger partial charge in [-0.05, 0) is 42.8 Å². The number of nitriles is 1. The monoisotopic (exact) mass is 466 g/mol. The summed E-state index contributed by atoms with van der Waals surface area (Å²) in [6.45, 7) is -1.33. The smallest absolute Gasteiger partial charge is 0.393 e. The van der Waals surface area contributed by atoms with Gasteiger partial charge in [0.15, 0.2) is 0 Å². The predicted octanol–water partition coefficient (Wildman–Crippen LogP) is 3.85. The van der Waals surface area contributed by atoms with Gasteiger partial charge in [0.25, 0.3) is 0 Å². The molecule has 174 valence electrons. The van der Waals surface area contributed by atoms with E-state index in [1.165, 1.54) is 37.4 Å². The van der Waals surface area contributed by atoms with Crippen LogP contribution in [0.15, 0.2) is 41.5 Å². The zero-order chi connectivity index (χ0) is 24.4. The highest BCUT2D eigenvalue weighted by Gasteiger charge is 2.57. The number of pyridine rings is 1. The molecule has 1 aromatic heterocycles. The second kappa shape index (κ2) is 8.88. The van der Waals surface area contributed by atoms with Crippen molar-refractivity contribution in [3.63, 3.8) is 0 Å². The molecule has 2 heterocycles. The van der Waals surface area contributed by atoms with Crippen molar-refractivity contribution in [2.24, 2.45) is 10.7 Å². The molecule has 0 bridgehead atoms. The molecule has 0 saturated carbocycles. The summed E-state index contributed by atoms with van der Waals surface area (Å²) in [6.07, 6.45) is -2.84. The average Bonchev–Trinajstić information content (AvgIpc) is 3.03. The van der Waals surface area contributed by atoms with E-state index in [1.807, 2.05) is 6.07 Å². The first-order valence-corrected chi connectivity index (χ1v) is 9.62. The van der Waals surface area contributed by atoms with E-state index in [2.05, 4.69) is 9.98 Å². The number of aliphatic imine (C=N–C) groups is 1. The zero-order valence-electron chi connectivity index (χ0n) is 17.3. The van der Waals surface area contributed by atoms with E-state index in [1.54, 1.807) is 0 Å². The highest BCUT2D eigenvalue weighted by atomic mass is 19.4. The second-order valence-corrected chi connectivity index (χ2v) is 7.68. The third-order valence-corrected chi connectivity index (χ3v) is 5.43. The van der Waals surface area contributed by atoms with Crippen LogP contribution in [0, 0.1) is 17.1 Å². The van der Waals surface area contributed by atoms with Gasteiger partial charge in [-0.15, -0.1) is 0 Å². The minimum Gasteiger partial charge on any atom is -0.393 e. The number of aliphatic hydroxyl groups excluding tert-OH is 1. The Balaban J connectivity index is 2.04. The summed E-state index contributed by atoms with van der Waals surface area (Å²) in [5.74, 6) is -1.76. The van der Waals surface area contributed by atoms with Gasteiger partial charge in [-0.3, -0.25) is 9.98 Å². The fraction of sp³-hybridized carbons (Fsp3) is 0.318. The Morgan fingerprint density at radius 1 is 1.33 bits per heavy atom. The maximum Gasteiger partial charge on any atom is 0.411 e. The maximum absolute atomic E-state index is 14.9. The van der Waals surface area contributed by atoms with Crippen molar-refractivity contribution in [2.75, 3.05) is 13.2 Å². The molecule has 3 rings (SSSR count). The van der Waals surface area contributed by atoms with Crippen LogP contribution in [0.2, 0.25) is 0 Å². The van der Waals surface area contributed by atoms with Crippen LogP contribution in [0.3, 0.4) is 0 Å². The topological polar surface area (TPSA) is 105 Å². The van der Waals surface area contributed by atoms with Gasteiger partial charge in [0, 0.05) is 18.2 Å². The molecule has 0 amide bonds. The fourth-order valence-corrected chi connectivity index (χ4v) is 3.69.